The largest absolute Gasteiger partial charge is 0.337 e. The number of amides is 1. The van der Waals surface area contributed by atoms with E-state index in [1.165, 1.54) is 5.56 Å². The molecule has 0 saturated heterocycles. The molecule has 28 heavy (non-hydrogen) atoms. The number of carbonyl (C=O) groups excluding carboxylic acids is 1. The van der Waals surface area contributed by atoms with Crippen molar-refractivity contribution in [2.24, 2.45) is 0 Å². The molecule has 2 heterocycles. The van der Waals surface area contributed by atoms with Gasteiger partial charge in [0.25, 0.3) is 5.91 Å². The molecule has 2 aromatic heterocycles. The summed E-state index contributed by atoms with van der Waals surface area (Å²) in [6, 6.07) is 20.2. The minimum atomic E-state index is -0.0905. The molecule has 0 bridgehead atoms. The number of fused-ring (bicyclic) bond motifs is 1. The predicted molar refractivity (Wildman–Crippen MR) is 110 cm³/mol. The lowest BCUT2D eigenvalue weighted by Crippen LogP contribution is -2.26. The van der Waals surface area contributed by atoms with E-state index in [4.69, 9.17) is 0 Å². The fourth-order valence-electron chi connectivity index (χ4n) is 3.30. The van der Waals surface area contributed by atoms with Crippen molar-refractivity contribution in [3.63, 3.8) is 0 Å². The summed E-state index contributed by atoms with van der Waals surface area (Å²) in [5.74, 6) is -0.0905. The van der Waals surface area contributed by atoms with Crippen molar-refractivity contribution in [3.8, 4) is 11.3 Å². The first-order chi connectivity index (χ1) is 13.7. The molecule has 0 saturated carbocycles. The number of aromatic nitrogens is 3. The first-order valence-electron chi connectivity index (χ1n) is 9.39. The van der Waals surface area contributed by atoms with Crippen molar-refractivity contribution in [3.05, 3.63) is 89.7 Å². The van der Waals surface area contributed by atoms with E-state index in [1.54, 1.807) is 28.9 Å². The van der Waals surface area contributed by atoms with Crippen LogP contribution in [-0.2, 0) is 13.0 Å². The second-order valence-corrected chi connectivity index (χ2v) is 6.82. The summed E-state index contributed by atoms with van der Waals surface area (Å²) in [6.45, 7) is 2.67. The lowest BCUT2D eigenvalue weighted by molar-refractivity contribution is 0.0787. The van der Waals surface area contributed by atoms with Crippen LogP contribution in [0.5, 0.6) is 0 Å². The van der Waals surface area contributed by atoms with Crippen molar-refractivity contribution >= 4 is 11.6 Å². The van der Waals surface area contributed by atoms with Gasteiger partial charge in [-0.25, -0.2) is 9.50 Å². The van der Waals surface area contributed by atoms with Gasteiger partial charge in [-0.2, -0.15) is 5.10 Å². The third-order valence-corrected chi connectivity index (χ3v) is 4.90. The lowest BCUT2D eigenvalue weighted by Gasteiger charge is -2.17. The molecule has 5 nitrogen and oxygen atoms in total. The van der Waals surface area contributed by atoms with Crippen LogP contribution in [-0.4, -0.2) is 32.5 Å². The number of aryl methyl sites for hydroxylation is 1. The van der Waals surface area contributed by atoms with E-state index in [0.717, 1.165) is 23.2 Å². The van der Waals surface area contributed by atoms with Gasteiger partial charge in [-0.05, 0) is 23.6 Å². The zero-order valence-electron chi connectivity index (χ0n) is 16.0. The number of carbonyl (C=O) groups is 1. The van der Waals surface area contributed by atoms with Crippen molar-refractivity contribution in [1.82, 2.24) is 19.5 Å². The fraction of sp³-hybridized carbons (Fsp3) is 0.174. The molecule has 0 unspecified atom stereocenters. The second-order valence-electron chi connectivity index (χ2n) is 6.82. The summed E-state index contributed by atoms with van der Waals surface area (Å²) in [6.07, 6.45) is 4.33. The smallest absolute Gasteiger partial charge is 0.259 e. The average molecular weight is 370 g/mol. The fourth-order valence-corrected chi connectivity index (χ4v) is 3.30. The Balaban J connectivity index is 1.62. The predicted octanol–water partition coefficient (Wildman–Crippen LogP) is 4.23. The second kappa shape index (κ2) is 7.64. The lowest BCUT2D eigenvalue weighted by atomic mass is 10.1. The Morgan fingerprint density at radius 3 is 2.43 bits per heavy atom. The third-order valence-electron chi connectivity index (χ3n) is 4.90. The Labute approximate surface area is 164 Å². The van der Waals surface area contributed by atoms with Crippen LogP contribution in [0, 0.1) is 0 Å². The Hall–Kier alpha value is -3.47. The maximum atomic E-state index is 13.0. The molecular weight excluding hydrogens is 348 g/mol. The molecule has 0 N–H and O–H groups in total. The minimum absolute atomic E-state index is 0.0905. The van der Waals surface area contributed by atoms with E-state index in [0.29, 0.717) is 17.8 Å². The average Bonchev–Trinajstić information content (AvgIpc) is 3.18. The van der Waals surface area contributed by atoms with Gasteiger partial charge in [0.2, 0.25) is 0 Å². The number of benzene rings is 2. The summed E-state index contributed by atoms with van der Waals surface area (Å²) in [7, 11) is 1.81. The van der Waals surface area contributed by atoms with Crippen LogP contribution in [0.3, 0.4) is 0 Å². The standard InChI is InChI=1S/C23H22N4O/c1-3-17-9-11-18(12-10-17)16-26(2)23(28)20-15-25-27-21(13-14-24-22(20)27)19-7-5-4-6-8-19/h4-15H,3,16H2,1-2H3. The van der Waals surface area contributed by atoms with Gasteiger partial charge in [-0.1, -0.05) is 61.5 Å². The molecule has 4 rings (SSSR count). The van der Waals surface area contributed by atoms with Crippen LogP contribution in [0.15, 0.2) is 73.1 Å². The van der Waals surface area contributed by atoms with Gasteiger partial charge in [-0.15, -0.1) is 0 Å². The number of hydrogen-bond donors (Lipinski definition) is 0. The summed E-state index contributed by atoms with van der Waals surface area (Å²) in [5.41, 5.74) is 5.40. The van der Waals surface area contributed by atoms with Crippen LogP contribution in [0.1, 0.15) is 28.4 Å². The number of hydrogen-bond acceptors (Lipinski definition) is 3. The Bertz CT molecular complexity index is 1100. The van der Waals surface area contributed by atoms with Crippen LogP contribution in [0.2, 0.25) is 0 Å². The number of nitrogens with zero attached hydrogens (tertiary/aromatic N) is 4. The van der Waals surface area contributed by atoms with E-state index in [-0.39, 0.29) is 5.91 Å². The monoisotopic (exact) mass is 370 g/mol. The summed E-state index contributed by atoms with van der Waals surface area (Å²) in [5, 5.41) is 4.43. The Kier molecular flexibility index (Phi) is 4.89. The SMILES string of the molecule is CCc1ccc(CN(C)C(=O)c2cnn3c(-c4ccccc4)ccnc23)cc1. The van der Waals surface area contributed by atoms with Gasteiger partial charge in [0, 0.05) is 25.4 Å². The summed E-state index contributed by atoms with van der Waals surface area (Å²) >= 11 is 0. The topological polar surface area (TPSA) is 50.5 Å². The Morgan fingerprint density at radius 1 is 1.00 bits per heavy atom. The highest BCUT2D eigenvalue weighted by Crippen LogP contribution is 2.21. The quantitative estimate of drug-likeness (QED) is 0.528. The Morgan fingerprint density at radius 2 is 1.71 bits per heavy atom. The molecule has 0 fully saturated rings. The zero-order valence-corrected chi connectivity index (χ0v) is 16.0. The van der Waals surface area contributed by atoms with Gasteiger partial charge in [0.15, 0.2) is 5.65 Å². The molecule has 5 heteroatoms. The van der Waals surface area contributed by atoms with Crippen molar-refractivity contribution in [1.29, 1.82) is 0 Å². The summed E-state index contributed by atoms with van der Waals surface area (Å²) < 4.78 is 1.73. The molecule has 140 valence electrons. The normalized spacial score (nSPS) is 10.9. The molecule has 0 spiro atoms. The molecule has 4 aromatic rings. The van der Waals surface area contributed by atoms with E-state index in [1.807, 2.05) is 36.4 Å². The van der Waals surface area contributed by atoms with Crippen LogP contribution < -0.4 is 0 Å². The van der Waals surface area contributed by atoms with Gasteiger partial charge >= 0.3 is 0 Å². The van der Waals surface area contributed by atoms with Gasteiger partial charge < -0.3 is 4.90 Å². The minimum Gasteiger partial charge on any atom is -0.337 e. The van der Waals surface area contributed by atoms with Crippen LogP contribution in [0.25, 0.3) is 16.9 Å². The first-order valence-corrected chi connectivity index (χ1v) is 9.39. The number of rotatable bonds is 5. The van der Waals surface area contributed by atoms with Gasteiger partial charge in [-0.3, -0.25) is 4.79 Å². The van der Waals surface area contributed by atoms with Crippen LogP contribution >= 0.6 is 0 Å². The molecular formula is C23H22N4O. The molecule has 0 radical (unpaired) electrons. The van der Waals surface area contributed by atoms with Gasteiger partial charge in [0.1, 0.15) is 5.56 Å². The zero-order chi connectivity index (χ0) is 19.5. The van der Waals surface area contributed by atoms with Gasteiger partial charge in [0.05, 0.1) is 11.9 Å². The molecule has 2 aromatic carbocycles. The summed E-state index contributed by atoms with van der Waals surface area (Å²) in [4.78, 5) is 19.1. The van der Waals surface area contributed by atoms with Crippen molar-refractivity contribution < 1.29 is 4.79 Å². The maximum Gasteiger partial charge on any atom is 0.259 e. The molecule has 0 aliphatic heterocycles. The highest BCUT2D eigenvalue weighted by molar-refractivity contribution is 5.99. The molecule has 0 aliphatic rings. The van der Waals surface area contributed by atoms with E-state index >= 15 is 0 Å². The highest BCUT2D eigenvalue weighted by Gasteiger charge is 2.19. The van der Waals surface area contributed by atoms with Crippen molar-refractivity contribution in [2.75, 3.05) is 7.05 Å². The molecule has 0 aliphatic carbocycles. The third kappa shape index (κ3) is 3.39. The van der Waals surface area contributed by atoms with Crippen LogP contribution in [0.4, 0.5) is 0 Å². The highest BCUT2D eigenvalue weighted by atomic mass is 16.2. The first kappa shape index (κ1) is 17.9. The van der Waals surface area contributed by atoms with E-state index in [2.05, 4.69) is 41.3 Å². The maximum absolute atomic E-state index is 13.0. The molecule has 0 atom stereocenters. The molecule has 1 amide bonds. The van der Waals surface area contributed by atoms with E-state index < -0.39 is 0 Å². The van der Waals surface area contributed by atoms with Crippen molar-refractivity contribution in [2.45, 2.75) is 19.9 Å². The van der Waals surface area contributed by atoms with E-state index in [9.17, 15) is 4.79 Å².